The number of hydrogen-bond acceptors (Lipinski definition) is 2. The molecule has 1 aromatic rings. The molecule has 0 radical (unpaired) electrons. The zero-order valence-electron chi connectivity index (χ0n) is 9.13. The van der Waals surface area contributed by atoms with Crippen molar-refractivity contribution in [2.24, 2.45) is 0 Å². The summed E-state index contributed by atoms with van der Waals surface area (Å²) in [5.41, 5.74) is 2.36. The van der Waals surface area contributed by atoms with Gasteiger partial charge in [-0.05, 0) is 29.5 Å². The van der Waals surface area contributed by atoms with E-state index in [0.717, 1.165) is 5.56 Å². The van der Waals surface area contributed by atoms with Gasteiger partial charge in [0.15, 0.2) is 0 Å². The number of hydrogen-bond donors (Lipinski definition) is 0. The molecule has 76 valence electrons. The van der Waals surface area contributed by atoms with Gasteiger partial charge >= 0.3 is 0 Å². The van der Waals surface area contributed by atoms with E-state index in [4.69, 9.17) is 4.74 Å². The molecule has 0 aliphatic heterocycles. The summed E-state index contributed by atoms with van der Waals surface area (Å²) in [5.74, 6) is 0.632. The Morgan fingerprint density at radius 3 is 2.36 bits per heavy atom. The largest absolute Gasteiger partial charge is 0.428 e. The van der Waals surface area contributed by atoms with Gasteiger partial charge in [-0.2, -0.15) is 0 Å². The molecule has 0 saturated carbocycles. The normalized spacial score (nSPS) is 11.1. The average Bonchev–Trinajstić information content (AvgIpc) is 2.07. The van der Waals surface area contributed by atoms with Gasteiger partial charge in [0.1, 0.15) is 5.75 Å². The highest BCUT2D eigenvalue weighted by atomic mass is 16.5. The number of aryl methyl sites for hydroxylation is 1. The second-order valence-electron chi connectivity index (χ2n) is 4.44. The summed E-state index contributed by atoms with van der Waals surface area (Å²) < 4.78 is 4.82. The van der Waals surface area contributed by atoms with E-state index in [9.17, 15) is 4.79 Å². The Bertz CT molecular complexity index is 335. The second-order valence-corrected chi connectivity index (χ2v) is 4.44. The number of benzene rings is 1. The van der Waals surface area contributed by atoms with E-state index in [-0.39, 0.29) is 5.41 Å². The van der Waals surface area contributed by atoms with Crippen molar-refractivity contribution in [1.82, 2.24) is 0 Å². The molecule has 0 saturated heterocycles. The van der Waals surface area contributed by atoms with Crippen molar-refractivity contribution in [1.29, 1.82) is 0 Å². The third-order valence-electron chi connectivity index (χ3n) is 2.22. The van der Waals surface area contributed by atoms with Crippen molar-refractivity contribution >= 4 is 6.47 Å². The Labute approximate surface area is 84.9 Å². The SMILES string of the molecule is Cc1cc(C(C)(C)C)ccc1OC=O. The van der Waals surface area contributed by atoms with E-state index < -0.39 is 0 Å². The lowest BCUT2D eigenvalue weighted by molar-refractivity contribution is -0.120. The summed E-state index contributed by atoms with van der Waals surface area (Å²) in [6, 6.07) is 5.88. The van der Waals surface area contributed by atoms with Crippen molar-refractivity contribution < 1.29 is 9.53 Å². The molecular weight excluding hydrogens is 176 g/mol. The van der Waals surface area contributed by atoms with E-state index in [0.29, 0.717) is 12.2 Å². The van der Waals surface area contributed by atoms with Gasteiger partial charge in [0.25, 0.3) is 6.47 Å². The number of carbonyl (C=O) groups is 1. The fourth-order valence-electron chi connectivity index (χ4n) is 1.30. The first kappa shape index (κ1) is 10.8. The van der Waals surface area contributed by atoms with Crippen molar-refractivity contribution in [3.05, 3.63) is 29.3 Å². The third kappa shape index (κ3) is 2.34. The molecule has 2 nitrogen and oxygen atoms in total. The number of carbonyl (C=O) groups excluding carboxylic acids is 1. The van der Waals surface area contributed by atoms with Crippen LogP contribution in [0.2, 0.25) is 0 Å². The molecule has 0 aliphatic carbocycles. The molecule has 0 N–H and O–H groups in total. The molecule has 0 atom stereocenters. The summed E-state index contributed by atoms with van der Waals surface area (Å²) in [5, 5.41) is 0. The van der Waals surface area contributed by atoms with Gasteiger partial charge in [0, 0.05) is 0 Å². The lowest BCUT2D eigenvalue weighted by atomic mass is 9.86. The van der Waals surface area contributed by atoms with Crippen LogP contribution in [0.5, 0.6) is 5.75 Å². The Morgan fingerprint density at radius 1 is 1.29 bits per heavy atom. The van der Waals surface area contributed by atoms with Crippen LogP contribution in [0.4, 0.5) is 0 Å². The number of ether oxygens (including phenoxy) is 1. The highest BCUT2D eigenvalue weighted by molar-refractivity contribution is 5.49. The minimum absolute atomic E-state index is 0.129. The molecule has 0 aliphatic rings. The van der Waals surface area contributed by atoms with Crippen LogP contribution in [0, 0.1) is 6.92 Å². The molecule has 14 heavy (non-hydrogen) atoms. The molecule has 0 amide bonds. The van der Waals surface area contributed by atoms with Crippen LogP contribution in [0.1, 0.15) is 31.9 Å². The fourth-order valence-corrected chi connectivity index (χ4v) is 1.30. The van der Waals surface area contributed by atoms with Crippen LogP contribution in [0.25, 0.3) is 0 Å². The quantitative estimate of drug-likeness (QED) is 0.673. The fraction of sp³-hybridized carbons (Fsp3) is 0.417. The Balaban J connectivity index is 3.06. The maximum absolute atomic E-state index is 10.2. The lowest BCUT2D eigenvalue weighted by Gasteiger charge is -2.20. The van der Waals surface area contributed by atoms with E-state index in [1.54, 1.807) is 0 Å². The summed E-state index contributed by atoms with van der Waals surface area (Å²) in [4.78, 5) is 10.2. The minimum Gasteiger partial charge on any atom is -0.428 e. The van der Waals surface area contributed by atoms with Crippen molar-refractivity contribution in [3.63, 3.8) is 0 Å². The monoisotopic (exact) mass is 192 g/mol. The van der Waals surface area contributed by atoms with Crippen LogP contribution in [0.15, 0.2) is 18.2 Å². The van der Waals surface area contributed by atoms with Gasteiger partial charge in [-0.25, -0.2) is 0 Å². The molecule has 0 bridgehead atoms. The van der Waals surface area contributed by atoms with Gasteiger partial charge < -0.3 is 4.74 Å². The highest BCUT2D eigenvalue weighted by Gasteiger charge is 2.14. The van der Waals surface area contributed by atoms with Crippen molar-refractivity contribution in [2.75, 3.05) is 0 Å². The van der Waals surface area contributed by atoms with Crippen molar-refractivity contribution in [2.45, 2.75) is 33.1 Å². The van der Waals surface area contributed by atoms with Crippen LogP contribution < -0.4 is 4.74 Å². The van der Waals surface area contributed by atoms with Crippen LogP contribution in [-0.2, 0) is 10.2 Å². The summed E-state index contributed by atoms with van der Waals surface area (Å²) in [7, 11) is 0. The predicted molar refractivity (Wildman–Crippen MR) is 56.6 cm³/mol. The number of rotatable bonds is 2. The Kier molecular flexibility index (Phi) is 2.94. The summed E-state index contributed by atoms with van der Waals surface area (Å²) in [6.07, 6.45) is 0. The maximum Gasteiger partial charge on any atom is 0.298 e. The molecule has 1 aromatic carbocycles. The van der Waals surface area contributed by atoms with E-state index >= 15 is 0 Å². The molecule has 0 spiro atoms. The van der Waals surface area contributed by atoms with E-state index in [2.05, 4.69) is 26.8 Å². The second kappa shape index (κ2) is 3.82. The Hall–Kier alpha value is -1.31. The summed E-state index contributed by atoms with van der Waals surface area (Å²) in [6.45, 7) is 8.86. The predicted octanol–water partition coefficient (Wildman–Crippen LogP) is 2.83. The standard InChI is InChI=1S/C12H16O2/c1-9-7-10(12(2,3)4)5-6-11(9)14-8-13/h5-8H,1-4H3. The first-order valence-electron chi connectivity index (χ1n) is 4.66. The topological polar surface area (TPSA) is 26.3 Å². The summed E-state index contributed by atoms with van der Waals surface area (Å²) >= 11 is 0. The van der Waals surface area contributed by atoms with Gasteiger partial charge in [-0.15, -0.1) is 0 Å². The highest BCUT2D eigenvalue weighted by Crippen LogP contribution is 2.27. The zero-order valence-corrected chi connectivity index (χ0v) is 9.13. The van der Waals surface area contributed by atoms with Gasteiger partial charge in [0.05, 0.1) is 0 Å². The molecule has 0 fully saturated rings. The molecular formula is C12H16O2. The van der Waals surface area contributed by atoms with Crippen LogP contribution in [0.3, 0.4) is 0 Å². The van der Waals surface area contributed by atoms with Crippen LogP contribution in [-0.4, -0.2) is 6.47 Å². The average molecular weight is 192 g/mol. The smallest absolute Gasteiger partial charge is 0.298 e. The lowest BCUT2D eigenvalue weighted by Crippen LogP contribution is -2.11. The Morgan fingerprint density at radius 2 is 1.93 bits per heavy atom. The van der Waals surface area contributed by atoms with Crippen LogP contribution >= 0.6 is 0 Å². The van der Waals surface area contributed by atoms with Crippen molar-refractivity contribution in [3.8, 4) is 5.75 Å². The van der Waals surface area contributed by atoms with Gasteiger partial charge in [-0.3, -0.25) is 4.79 Å². The minimum atomic E-state index is 0.129. The van der Waals surface area contributed by atoms with E-state index in [1.165, 1.54) is 5.56 Å². The third-order valence-corrected chi connectivity index (χ3v) is 2.22. The maximum atomic E-state index is 10.2. The molecule has 2 heteroatoms. The molecule has 1 rings (SSSR count). The first-order valence-corrected chi connectivity index (χ1v) is 4.66. The van der Waals surface area contributed by atoms with Gasteiger partial charge in [0.2, 0.25) is 0 Å². The molecule has 0 heterocycles. The molecule has 0 aromatic heterocycles. The van der Waals surface area contributed by atoms with Gasteiger partial charge in [-0.1, -0.05) is 32.9 Å². The first-order chi connectivity index (χ1) is 6.45. The zero-order chi connectivity index (χ0) is 10.8. The molecule has 0 unspecified atom stereocenters. The van der Waals surface area contributed by atoms with E-state index in [1.807, 2.05) is 19.1 Å².